The van der Waals surface area contributed by atoms with Crippen LogP contribution in [0.15, 0.2) is 91.1 Å². The monoisotopic (exact) mass is 576 g/mol. The predicted octanol–water partition coefficient (Wildman–Crippen LogP) is 7.59. The number of benzene rings is 3. The molecule has 1 atom stereocenters. The number of rotatable bonds is 5. The van der Waals surface area contributed by atoms with Crippen LogP contribution in [0.3, 0.4) is 0 Å². The van der Waals surface area contributed by atoms with Crippen LogP contribution in [-0.2, 0) is 11.0 Å². The van der Waals surface area contributed by atoms with E-state index < -0.39 is 35.4 Å². The highest BCUT2D eigenvalue weighted by Gasteiger charge is 2.32. The van der Waals surface area contributed by atoms with Gasteiger partial charge in [0.05, 0.1) is 22.3 Å². The second-order valence-electron chi connectivity index (χ2n) is 8.26. The highest BCUT2D eigenvalue weighted by Crippen LogP contribution is 2.33. The highest BCUT2D eigenvalue weighted by atomic mass is 35.5. The number of nitrogens with zero attached hydrogens (tertiary/aromatic N) is 1. The van der Waals surface area contributed by atoms with Crippen LogP contribution >= 0.6 is 11.6 Å². The molecule has 1 aromatic heterocycles. The van der Waals surface area contributed by atoms with Gasteiger partial charge in [0.15, 0.2) is 0 Å². The van der Waals surface area contributed by atoms with Crippen molar-refractivity contribution in [3.05, 3.63) is 125 Å². The van der Waals surface area contributed by atoms with Gasteiger partial charge in [-0.1, -0.05) is 35.9 Å². The molecule has 0 aliphatic heterocycles. The van der Waals surface area contributed by atoms with Crippen molar-refractivity contribution in [1.29, 1.82) is 0 Å². The number of anilines is 2. The maximum atomic E-state index is 13.9. The maximum absolute atomic E-state index is 13.9. The van der Waals surface area contributed by atoms with E-state index in [1.807, 2.05) is 30.3 Å². The van der Waals surface area contributed by atoms with Crippen LogP contribution < -0.4 is 16.0 Å². The van der Waals surface area contributed by atoms with Gasteiger partial charge in [-0.2, -0.15) is 13.2 Å². The number of halogens is 6. The summed E-state index contributed by atoms with van der Waals surface area (Å²) in [5.74, 6) is -1.76. The third-order valence-electron chi connectivity index (χ3n) is 5.08. The smallest absolute Gasteiger partial charge is 0.326 e. The first-order valence-electron chi connectivity index (χ1n) is 11.6. The molecule has 40 heavy (non-hydrogen) atoms. The first kappa shape index (κ1) is 30.0. The minimum atomic E-state index is -4.79. The zero-order valence-corrected chi connectivity index (χ0v) is 21.5. The lowest BCUT2D eigenvalue weighted by atomic mass is 10.00. The number of para-hydroxylation sites is 1. The predicted molar refractivity (Wildman–Crippen MR) is 142 cm³/mol. The first-order chi connectivity index (χ1) is 18.9. The van der Waals surface area contributed by atoms with Gasteiger partial charge in [-0.25, -0.2) is 13.6 Å². The molecule has 0 unspecified atom stereocenters. The Morgan fingerprint density at radius 1 is 0.825 bits per heavy atom. The van der Waals surface area contributed by atoms with E-state index in [4.69, 9.17) is 11.6 Å². The van der Waals surface area contributed by atoms with E-state index in [-0.39, 0.29) is 27.9 Å². The molecule has 0 saturated heterocycles. The maximum Gasteiger partial charge on any atom is 0.416 e. The van der Waals surface area contributed by atoms with E-state index in [0.717, 1.165) is 17.8 Å². The van der Waals surface area contributed by atoms with Gasteiger partial charge in [-0.15, -0.1) is 0 Å². The van der Waals surface area contributed by atoms with Crippen LogP contribution in [-0.4, -0.2) is 16.9 Å². The number of aromatic nitrogens is 1. The highest BCUT2D eigenvalue weighted by molar-refractivity contribution is 6.30. The third-order valence-corrected chi connectivity index (χ3v) is 5.30. The zero-order valence-electron chi connectivity index (χ0n) is 20.8. The molecular weight excluding hydrogens is 555 g/mol. The van der Waals surface area contributed by atoms with E-state index in [1.54, 1.807) is 0 Å². The van der Waals surface area contributed by atoms with E-state index >= 15 is 0 Å². The topological polar surface area (TPSA) is 83.1 Å². The fourth-order valence-corrected chi connectivity index (χ4v) is 3.53. The summed E-state index contributed by atoms with van der Waals surface area (Å²) in [6.45, 7) is 1.49. The standard InChI is InChI=1S/C20H13ClF5N3O.C8H9NO/c21-13-4-5-17(27-10-13)18(11-6-12(20(24,25)26)8-15(23)7-11)29-19(30)28-16-3-1-2-14(22)9-16;1-7(10)9-8-5-3-2-4-6-8/h1-10,18H,(H2,28,29,30);2-6H,1H3,(H,9,10)/t18-;/m0./s1. The van der Waals surface area contributed by atoms with E-state index in [2.05, 4.69) is 20.9 Å². The molecule has 0 radical (unpaired) electrons. The molecule has 0 aliphatic carbocycles. The molecule has 0 bridgehead atoms. The second-order valence-corrected chi connectivity index (χ2v) is 8.70. The van der Waals surface area contributed by atoms with Crippen molar-refractivity contribution >= 4 is 34.9 Å². The fourth-order valence-electron chi connectivity index (χ4n) is 3.42. The first-order valence-corrected chi connectivity index (χ1v) is 11.9. The number of pyridine rings is 1. The Kier molecular flexibility index (Phi) is 10.2. The van der Waals surface area contributed by atoms with Gasteiger partial charge >= 0.3 is 12.2 Å². The lowest BCUT2D eigenvalue weighted by Crippen LogP contribution is -2.34. The SMILES string of the molecule is CC(=O)Nc1ccccc1.O=C(Nc1cccc(F)c1)N[C@@H](c1cc(F)cc(C(F)(F)F)c1)c1ccc(Cl)cn1. The average Bonchev–Trinajstić information content (AvgIpc) is 2.88. The van der Waals surface area contributed by atoms with Crippen LogP contribution in [0.25, 0.3) is 0 Å². The number of alkyl halides is 3. The van der Waals surface area contributed by atoms with Crippen LogP contribution in [0.4, 0.5) is 38.1 Å². The summed E-state index contributed by atoms with van der Waals surface area (Å²) in [5, 5.41) is 7.72. The van der Waals surface area contributed by atoms with Gasteiger partial charge in [0.25, 0.3) is 0 Å². The molecule has 0 aliphatic rings. The molecule has 0 fully saturated rings. The van der Waals surface area contributed by atoms with Crippen molar-refractivity contribution in [2.75, 3.05) is 10.6 Å². The quantitative estimate of drug-likeness (QED) is 0.214. The number of urea groups is 1. The van der Waals surface area contributed by atoms with Crippen LogP contribution in [0.5, 0.6) is 0 Å². The van der Waals surface area contributed by atoms with Crippen molar-refractivity contribution in [3.63, 3.8) is 0 Å². The summed E-state index contributed by atoms with van der Waals surface area (Å²) in [5.41, 5.74) is -0.330. The Bertz CT molecular complexity index is 1450. The van der Waals surface area contributed by atoms with Crippen molar-refractivity contribution in [2.24, 2.45) is 0 Å². The number of carbonyl (C=O) groups excluding carboxylic acids is 2. The molecule has 208 valence electrons. The lowest BCUT2D eigenvalue weighted by molar-refractivity contribution is -0.137. The van der Waals surface area contributed by atoms with Gasteiger partial charge in [0.2, 0.25) is 5.91 Å². The Morgan fingerprint density at radius 2 is 1.52 bits per heavy atom. The van der Waals surface area contributed by atoms with Gasteiger partial charge in [-0.3, -0.25) is 9.78 Å². The average molecular weight is 577 g/mol. The van der Waals surface area contributed by atoms with Gasteiger partial charge in [0, 0.05) is 24.5 Å². The molecule has 12 heteroatoms. The van der Waals surface area contributed by atoms with E-state index in [0.29, 0.717) is 12.1 Å². The number of carbonyl (C=O) groups is 2. The second kappa shape index (κ2) is 13.5. The molecule has 1 heterocycles. The molecule has 3 amide bonds. The van der Waals surface area contributed by atoms with Gasteiger partial charge in [0.1, 0.15) is 11.6 Å². The Morgan fingerprint density at radius 3 is 2.12 bits per heavy atom. The lowest BCUT2D eigenvalue weighted by Gasteiger charge is -2.21. The molecule has 6 nitrogen and oxygen atoms in total. The molecular formula is C28H22ClF5N4O2. The molecule has 0 spiro atoms. The number of hydrogen-bond acceptors (Lipinski definition) is 3. The minimum Gasteiger partial charge on any atom is -0.326 e. The molecule has 3 aromatic carbocycles. The summed E-state index contributed by atoms with van der Waals surface area (Å²) >= 11 is 5.79. The van der Waals surface area contributed by atoms with E-state index in [1.165, 1.54) is 43.5 Å². The fraction of sp³-hybridized carbons (Fsp3) is 0.107. The molecule has 4 rings (SSSR count). The van der Waals surface area contributed by atoms with Crippen molar-refractivity contribution in [3.8, 4) is 0 Å². The van der Waals surface area contributed by atoms with Crippen molar-refractivity contribution in [2.45, 2.75) is 19.1 Å². The summed E-state index contributed by atoms with van der Waals surface area (Å²) in [4.78, 5) is 26.9. The Labute approximate surface area is 231 Å². The number of amides is 3. The zero-order chi connectivity index (χ0) is 29.3. The summed E-state index contributed by atoms with van der Waals surface area (Å²) in [6, 6.07) is 17.0. The van der Waals surface area contributed by atoms with Crippen molar-refractivity contribution < 1.29 is 31.5 Å². The molecule has 3 N–H and O–H groups in total. The van der Waals surface area contributed by atoms with Crippen LogP contribution in [0.1, 0.15) is 29.8 Å². The number of hydrogen-bond donors (Lipinski definition) is 3. The summed E-state index contributed by atoms with van der Waals surface area (Å²) < 4.78 is 66.6. The van der Waals surface area contributed by atoms with Gasteiger partial charge < -0.3 is 16.0 Å². The third kappa shape index (κ3) is 9.35. The van der Waals surface area contributed by atoms with Gasteiger partial charge in [-0.05, 0) is 66.2 Å². The summed E-state index contributed by atoms with van der Waals surface area (Å²) in [6.07, 6.45) is -3.56. The largest absolute Gasteiger partial charge is 0.416 e. The van der Waals surface area contributed by atoms with Crippen molar-refractivity contribution in [1.82, 2.24) is 10.3 Å². The Balaban J connectivity index is 0.000000371. The number of nitrogens with one attached hydrogen (secondary N) is 3. The Hall–Kier alpha value is -4.51. The molecule has 0 saturated carbocycles. The minimum absolute atomic E-state index is 0.0359. The molecule has 4 aromatic rings. The normalized spacial score (nSPS) is 11.5. The van der Waals surface area contributed by atoms with Crippen LogP contribution in [0, 0.1) is 11.6 Å². The van der Waals surface area contributed by atoms with Crippen LogP contribution in [0.2, 0.25) is 5.02 Å². The summed E-state index contributed by atoms with van der Waals surface area (Å²) in [7, 11) is 0. The van der Waals surface area contributed by atoms with E-state index in [9.17, 15) is 31.5 Å².